The zero-order valence-corrected chi connectivity index (χ0v) is 24.7. The predicted octanol–water partition coefficient (Wildman–Crippen LogP) is 5.50. The minimum absolute atomic E-state index is 0.293. The average Bonchev–Trinajstić information content (AvgIpc) is 3.49. The second kappa shape index (κ2) is 12.1. The van der Waals surface area contributed by atoms with Crippen molar-refractivity contribution in [1.29, 1.82) is 0 Å². The summed E-state index contributed by atoms with van der Waals surface area (Å²) in [5.74, 6) is 1.09. The maximum atomic E-state index is 14.8. The first-order valence-corrected chi connectivity index (χ1v) is 15.0. The van der Waals surface area contributed by atoms with Crippen LogP contribution in [0.3, 0.4) is 0 Å². The van der Waals surface area contributed by atoms with Crippen LogP contribution in [0.2, 0.25) is 5.02 Å². The number of likely N-dealkylation sites (tertiary alicyclic amines) is 1. The lowest BCUT2D eigenvalue weighted by Crippen LogP contribution is -2.44. The number of ether oxygens (including phenoxy) is 3. The fraction of sp³-hybridized carbons (Fsp3) is 0.438. The Bertz CT molecular complexity index is 1480. The number of nitrogens with zero attached hydrogens (tertiary/aromatic N) is 3. The van der Waals surface area contributed by atoms with E-state index in [1.54, 1.807) is 32.1 Å². The van der Waals surface area contributed by atoms with Crippen LogP contribution < -0.4 is 14.8 Å². The molecule has 0 spiro atoms. The topological polar surface area (TPSA) is 77.8 Å². The summed E-state index contributed by atoms with van der Waals surface area (Å²) in [6.07, 6.45) is 7.02. The van der Waals surface area contributed by atoms with Crippen molar-refractivity contribution in [3.05, 3.63) is 82.2 Å². The van der Waals surface area contributed by atoms with E-state index in [1.165, 1.54) is 12.1 Å². The van der Waals surface area contributed by atoms with E-state index in [-0.39, 0.29) is 5.97 Å². The molecule has 1 N–H and O–H groups in total. The number of nitrogens with one attached hydrogen (secondary N) is 1. The number of carbonyl (C=O) groups is 1. The van der Waals surface area contributed by atoms with Gasteiger partial charge in [0.25, 0.3) is 5.79 Å². The SMILES string of the molecule is CCOC(=O)/C=C/c1cnc(CN2CCC(c3cccc4c3OC(C)(c3ccc(Cl)cc3F)O4)CC2)n1CC1CNC1. The van der Waals surface area contributed by atoms with E-state index >= 15 is 0 Å². The highest BCUT2D eigenvalue weighted by molar-refractivity contribution is 6.30. The lowest BCUT2D eigenvalue weighted by atomic mass is 9.88. The molecule has 3 aliphatic heterocycles. The molecule has 0 bridgehead atoms. The summed E-state index contributed by atoms with van der Waals surface area (Å²) in [6.45, 7) is 9.27. The van der Waals surface area contributed by atoms with Crippen molar-refractivity contribution in [2.45, 2.75) is 51.5 Å². The van der Waals surface area contributed by atoms with E-state index < -0.39 is 11.6 Å². The maximum absolute atomic E-state index is 14.8. The summed E-state index contributed by atoms with van der Waals surface area (Å²) in [5.41, 5.74) is 2.32. The van der Waals surface area contributed by atoms with Crippen LogP contribution in [0.4, 0.5) is 4.39 Å². The minimum atomic E-state index is -1.26. The molecule has 6 rings (SSSR count). The third kappa shape index (κ3) is 5.91. The summed E-state index contributed by atoms with van der Waals surface area (Å²) in [7, 11) is 0. The minimum Gasteiger partial charge on any atom is -0.463 e. The van der Waals surface area contributed by atoms with E-state index in [2.05, 4.69) is 20.9 Å². The molecule has 2 saturated heterocycles. The van der Waals surface area contributed by atoms with E-state index in [0.29, 0.717) is 40.5 Å². The number of para-hydroxylation sites is 1. The molecule has 2 aromatic carbocycles. The zero-order chi connectivity index (χ0) is 29.3. The number of aromatic nitrogens is 2. The molecule has 1 aromatic heterocycles. The van der Waals surface area contributed by atoms with Gasteiger partial charge in [0.15, 0.2) is 11.5 Å². The van der Waals surface area contributed by atoms with Gasteiger partial charge in [-0.3, -0.25) is 4.90 Å². The van der Waals surface area contributed by atoms with Gasteiger partial charge in [-0.15, -0.1) is 0 Å². The lowest BCUT2D eigenvalue weighted by molar-refractivity contribution is -0.137. The lowest BCUT2D eigenvalue weighted by Gasteiger charge is -2.33. The molecule has 42 heavy (non-hydrogen) atoms. The first kappa shape index (κ1) is 28.7. The fourth-order valence-electron chi connectivity index (χ4n) is 6.02. The highest BCUT2D eigenvalue weighted by Crippen LogP contribution is 2.49. The standard InChI is InChI=1S/C32H36ClFN4O4/c1-3-40-30(39)10-8-24-18-36-29(38(24)19-21-16-35-17-21)20-37-13-11-22(12-14-37)25-5-4-6-28-31(25)42-32(2,41-28)26-9-7-23(33)15-27(26)34/h4-10,15,18,21-22,35H,3,11-14,16-17,19-20H2,1-2H3/b10-8+. The van der Waals surface area contributed by atoms with Gasteiger partial charge >= 0.3 is 5.97 Å². The average molecular weight is 595 g/mol. The molecule has 10 heteroatoms. The van der Waals surface area contributed by atoms with Gasteiger partial charge in [0.2, 0.25) is 0 Å². The Morgan fingerprint density at radius 1 is 1.24 bits per heavy atom. The Labute approximate surface area is 250 Å². The van der Waals surface area contributed by atoms with Crippen molar-refractivity contribution in [2.75, 3.05) is 32.8 Å². The number of carbonyl (C=O) groups excluding carboxylic acids is 1. The van der Waals surface area contributed by atoms with E-state index in [0.717, 1.165) is 69.2 Å². The molecule has 4 heterocycles. The molecule has 0 radical (unpaired) electrons. The number of piperidine rings is 1. The van der Waals surface area contributed by atoms with Gasteiger partial charge in [-0.05, 0) is 69.1 Å². The van der Waals surface area contributed by atoms with Gasteiger partial charge in [0.1, 0.15) is 11.6 Å². The Kier molecular flexibility index (Phi) is 8.25. The molecule has 1 atom stereocenters. The van der Waals surface area contributed by atoms with Gasteiger partial charge in [-0.1, -0.05) is 23.7 Å². The van der Waals surface area contributed by atoms with Gasteiger partial charge in [0, 0.05) is 49.1 Å². The molecule has 3 aliphatic rings. The molecule has 222 valence electrons. The number of imidazole rings is 1. The van der Waals surface area contributed by atoms with Crippen molar-refractivity contribution in [3.63, 3.8) is 0 Å². The van der Waals surface area contributed by atoms with Crippen molar-refractivity contribution in [1.82, 2.24) is 19.8 Å². The number of esters is 1. The van der Waals surface area contributed by atoms with Crippen LogP contribution >= 0.6 is 11.6 Å². The van der Waals surface area contributed by atoms with Crippen LogP contribution in [0.1, 0.15) is 55.3 Å². The zero-order valence-electron chi connectivity index (χ0n) is 23.9. The Balaban J connectivity index is 1.13. The monoisotopic (exact) mass is 594 g/mol. The highest BCUT2D eigenvalue weighted by atomic mass is 35.5. The second-order valence-electron chi connectivity index (χ2n) is 11.3. The summed E-state index contributed by atoms with van der Waals surface area (Å²) in [4.78, 5) is 19.1. The number of hydrogen-bond acceptors (Lipinski definition) is 7. The van der Waals surface area contributed by atoms with Gasteiger partial charge < -0.3 is 24.1 Å². The van der Waals surface area contributed by atoms with Crippen molar-refractivity contribution in [2.24, 2.45) is 5.92 Å². The molecule has 1 unspecified atom stereocenters. The van der Waals surface area contributed by atoms with Crippen LogP contribution in [0, 0.1) is 11.7 Å². The first-order valence-electron chi connectivity index (χ1n) is 14.6. The first-order chi connectivity index (χ1) is 20.3. The smallest absolute Gasteiger partial charge is 0.330 e. The van der Waals surface area contributed by atoms with Crippen LogP contribution in [-0.2, 0) is 28.4 Å². The van der Waals surface area contributed by atoms with Crippen LogP contribution in [0.25, 0.3) is 6.08 Å². The molecule has 0 aliphatic carbocycles. The van der Waals surface area contributed by atoms with Gasteiger partial charge in [-0.25, -0.2) is 14.2 Å². The third-order valence-corrected chi connectivity index (χ3v) is 8.61. The number of rotatable bonds is 9. The summed E-state index contributed by atoms with van der Waals surface area (Å²) < 4.78 is 34.6. The molecule has 0 saturated carbocycles. The van der Waals surface area contributed by atoms with Crippen LogP contribution in [0.15, 0.2) is 48.7 Å². The third-order valence-electron chi connectivity index (χ3n) is 8.38. The molecule has 3 aromatic rings. The maximum Gasteiger partial charge on any atom is 0.330 e. The number of hydrogen-bond donors (Lipinski definition) is 1. The van der Waals surface area contributed by atoms with Gasteiger partial charge in [-0.2, -0.15) is 0 Å². The fourth-order valence-corrected chi connectivity index (χ4v) is 6.18. The largest absolute Gasteiger partial charge is 0.463 e. The molecule has 0 amide bonds. The Morgan fingerprint density at radius 2 is 2.05 bits per heavy atom. The number of benzene rings is 2. The van der Waals surface area contributed by atoms with Crippen molar-refractivity contribution >= 4 is 23.6 Å². The normalized spacial score (nSPS) is 21.1. The van der Waals surface area contributed by atoms with E-state index in [9.17, 15) is 9.18 Å². The van der Waals surface area contributed by atoms with Gasteiger partial charge in [0.05, 0.1) is 30.6 Å². The Morgan fingerprint density at radius 3 is 2.76 bits per heavy atom. The molecular weight excluding hydrogens is 559 g/mol. The second-order valence-corrected chi connectivity index (χ2v) is 11.8. The van der Waals surface area contributed by atoms with Crippen LogP contribution in [-0.4, -0.2) is 53.2 Å². The highest BCUT2D eigenvalue weighted by Gasteiger charge is 2.43. The molecule has 8 nitrogen and oxygen atoms in total. The quantitative estimate of drug-likeness (QED) is 0.259. The predicted molar refractivity (Wildman–Crippen MR) is 158 cm³/mol. The van der Waals surface area contributed by atoms with Crippen molar-refractivity contribution < 1.29 is 23.4 Å². The number of halogens is 2. The van der Waals surface area contributed by atoms with E-state index in [4.69, 9.17) is 30.8 Å². The van der Waals surface area contributed by atoms with E-state index in [1.807, 2.05) is 18.3 Å². The summed E-state index contributed by atoms with van der Waals surface area (Å²) >= 11 is 5.97. The van der Waals surface area contributed by atoms with Crippen molar-refractivity contribution in [3.8, 4) is 11.5 Å². The summed E-state index contributed by atoms with van der Waals surface area (Å²) in [6, 6.07) is 10.5. The number of fused-ring (bicyclic) bond motifs is 1. The van der Waals surface area contributed by atoms with Crippen LogP contribution in [0.5, 0.6) is 11.5 Å². The molecule has 2 fully saturated rings. The summed E-state index contributed by atoms with van der Waals surface area (Å²) in [5, 5.41) is 3.67. The molecular formula is C32H36ClFN4O4. The Hall–Kier alpha value is -3.40.